The highest BCUT2D eigenvalue weighted by Gasteiger charge is 2.36. The molecule has 1 N–H and O–H groups in total. The normalized spacial score (nSPS) is 13.9. The van der Waals surface area contributed by atoms with Gasteiger partial charge in [-0.3, -0.25) is 19.3 Å². The lowest BCUT2D eigenvalue weighted by Gasteiger charge is -2.16. The minimum atomic E-state index is -0.574. The Morgan fingerprint density at radius 1 is 1.02 bits per heavy atom. The standard InChI is InChI=1S/C30H26Cl2N2O6S/c1-4-5-20-12-19(13-25(39-3)28(20)40-17-18-6-8-21(31)9-7-18)14-26-29(36)34(30(37)41-26)16-27(35)33-22-10-11-24(38-2)23(32)15-22/h4,6-15H,1,5,16-17H2,2-3H3,(H,33,35)/b26-14-. The number of allylic oxidation sites excluding steroid dienone is 1. The summed E-state index contributed by atoms with van der Waals surface area (Å²) in [6.07, 6.45) is 3.80. The van der Waals surface area contributed by atoms with Gasteiger partial charge in [0.25, 0.3) is 11.1 Å². The highest BCUT2D eigenvalue weighted by molar-refractivity contribution is 8.18. The van der Waals surface area contributed by atoms with E-state index in [0.29, 0.717) is 51.6 Å². The Morgan fingerprint density at radius 3 is 2.41 bits per heavy atom. The first-order valence-corrected chi connectivity index (χ1v) is 13.9. The van der Waals surface area contributed by atoms with Gasteiger partial charge < -0.3 is 19.5 Å². The van der Waals surface area contributed by atoms with Gasteiger partial charge in [-0.1, -0.05) is 41.4 Å². The van der Waals surface area contributed by atoms with Crippen molar-refractivity contribution in [2.75, 3.05) is 26.1 Å². The summed E-state index contributed by atoms with van der Waals surface area (Å²) in [6.45, 7) is 3.67. The molecule has 212 valence electrons. The van der Waals surface area contributed by atoms with E-state index in [0.717, 1.165) is 27.8 Å². The number of carbonyl (C=O) groups is 3. The first-order valence-electron chi connectivity index (χ1n) is 12.3. The van der Waals surface area contributed by atoms with Crippen LogP contribution in [0.4, 0.5) is 10.5 Å². The Hall–Kier alpha value is -3.92. The maximum absolute atomic E-state index is 13.1. The predicted molar refractivity (Wildman–Crippen MR) is 162 cm³/mol. The van der Waals surface area contributed by atoms with Crippen molar-refractivity contribution in [2.24, 2.45) is 0 Å². The fourth-order valence-corrected chi connectivity index (χ4v) is 5.22. The number of rotatable bonds is 11. The van der Waals surface area contributed by atoms with Crippen LogP contribution in [0, 0.1) is 0 Å². The molecule has 1 fully saturated rings. The summed E-state index contributed by atoms with van der Waals surface area (Å²) in [5, 5.41) is 3.03. The molecule has 0 radical (unpaired) electrons. The van der Waals surface area contributed by atoms with Gasteiger partial charge in [0.05, 0.1) is 24.1 Å². The molecule has 8 nitrogen and oxygen atoms in total. The third-order valence-electron chi connectivity index (χ3n) is 5.94. The van der Waals surface area contributed by atoms with E-state index >= 15 is 0 Å². The number of ether oxygens (including phenoxy) is 3. The second-order valence-corrected chi connectivity index (χ2v) is 10.6. The maximum Gasteiger partial charge on any atom is 0.294 e. The Balaban J connectivity index is 1.50. The van der Waals surface area contributed by atoms with E-state index in [-0.39, 0.29) is 4.91 Å². The first-order chi connectivity index (χ1) is 19.7. The molecule has 0 aromatic heterocycles. The van der Waals surface area contributed by atoms with Crippen LogP contribution in [0.15, 0.2) is 72.2 Å². The SMILES string of the molecule is C=CCc1cc(/C=C2\SC(=O)N(CC(=O)Nc3ccc(OC)c(Cl)c3)C2=O)cc(OC)c1OCc1ccc(Cl)cc1. The molecule has 1 aliphatic heterocycles. The third-order valence-corrected chi connectivity index (χ3v) is 7.40. The smallest absolute Gasteiger partial charge is 0.294 e. The van der Waals surface area contributed by atoms with Gasteiger partial charge in [0.15, 0.2) is 11.5 Å². The average Bonchev–Trinajstić information content (AvgIpc) is 3.20. The zero-order chi connectivity index (χ0) is 29.5. The molecule has 3 aromatic rings. The van der Waals surface area contributed by atoms with Crippen molar-refractivity contribution in [3.63, 3.8) is 0 Å². The molecule has 0 unspecified atom stereocenters. The van der Waals surface area contributed by atoms with Crippen molar-refractivity contribution in [3.8, 4) is 17.2 Å². The van der Waals surface area contributed by atoms with E-state index < -0.39 is 23.6 Å². The van der Waals surface area contributed by atoms with Gasteiger partial charge in [0.2, 0.25) is 5.91 Å². The molecule has 0 saturated carbocycles. The summed E-state index contributed by atoms with van der Waals surface area (Å²) < 4.78 is 16.8. The van der Waals surface area contributed by atoms with Crippen molar-refractivity contribution < 1.29 is 28.6 Å². The van der Waals surface area contributed by atoms with Crippen molar-refractivity contribution in [2.45, 2.75) is 13.0 Å². The molecule has 1 heterocycles. The molecule has 3 amide bonds. The van der Waals surface area contributed by atoms with Crippen LogP contribution in [0.2, 0.25) is 10.0 Å². The van der Waals surface area contributed by atoms with E-state index in [1.807, 2.05) is 18.2 Å². The van der Waals surface area contributed by atoms with Crippen LogP contribution in [0.25, 0.3) is 6.08 Å². The number of imide groups is 1. The number of amides is 3. The minimum Gasteiger partial charge on any atom is -0.495 e. The van der Waals surface area contributed by atoms with Gasteiger partial charge >= 0.3 is 0 Å². The van der Waals surface area contributed by atoms with E-state index in [9.17, 15) is 14.4 Å². The summed E-state index contributed by atoms with van der Waals surface area (Å²) >= 11 is 12.8. The van der Waals surface area contributed by atoms with Crippen LogP contribution in [0.3, 0.4) is 0 Å². The lowest BCUT2D eigenvalue weighted by molar-refractivity contribution is -0.127. The molecule has 0 aliphatic carbocycles. The second-order valence-electron chi connectivity index (χ2n) is 8.78. The first kappa shape index (κ1) is 30.0. The molecular formula is C30H26Cl2N2O6S. The van der Waals surface area contributed by atoms with E-state index in [2.05, 4.69) is 11.9 Å². The summed E-state index contributed by atoms with van der Waals surface area (Å²) in [7, 11) is 3.00. The van der Waals surface area contributed by atoms with E-state index in [1.165, 1.54) is 20.3 Å². The zero-order valence-electron chi connectivity index (χ0n) is 22.2. The highest BCUT2D eigenvalue weighted by atomic mass is 35.5. The number of benzene rings is 3. The number of carbonyl (C=O) groups excluding carboxylic acids is 3. The van der Waals surface area contributed by atoms with Crippen LogP contribution < -0.4 is 19.5 Å². The molecule has 11 heteroatoms. The Labute approximate surface area is 251 Å². The number of methoxy groups -OCH3 is 2. The number of hydrogen-bond donors (Lipinski definition) is 1. The number of hydrogen-bond acceptors (Lipinski definition) is 7. The fourth-order valence-electron chi connectivity index (χ4n) is 4.00. The summed E-state index contributed by atoms with van der Waals surface area (Å²) in [4.78, 5) is 39.4. The molecule has 0 bridgehead atoms. The lowest BCUT2D eigenvalue weighted by Crippen LogP contribution is -2.36. The van der Waals surface area contributed by atoms with Crippen molar-refractivity contribution >= 4 is 63.8 Å². The largest absolute Gasteiger partial charge is 0.495 e. The van der Waals surface area contributed by atoms with Crippen LogP contribution in [-0.4, -0.2) is 42.7 Å². The summed E-state index contributed by atoms with van der Waals surface area (Å²) in [5.74, 6) is 0.334. The molecule has 3 aromatic carbocycles. The van der Waals surface area contributed by atoms with Crippen LogP contribution in [0.5, 0.6) is 17.2 Å². The molecule has 41 heavy (non-hydrogen) atoms. The monoisotopic (exact) mass is 612 g/mol. The number of anilines is 1. The predicted octanol–water partition coefficient (Wildman–Crippen LogP) is 6.99. The van der Waals surface area contributed by atoms with Crippen molar-refractivity contribution in [3.05, 3.63) is 98.9 Å². The molecule has 1 aliphatic rings. The number of thioether (sulfide) groups is 1. The second kappa shape index (κ2) is 13.6. The van der Waals surface area contributed by atoms with E-state index in [1.54, 1.807) is 42.5 Å². The summed E-state index contributed by atoms with van der Waals surface area (Å²) in [5.41, 5.74) is 2.75. The van der Waals surface area contributed by atoms with Crippen LogP contribution in [-0.2, 0) is 22.6 Å². The average molecular weight is 614 g/mol. The molecular weight excluding hydrogens is 587 g/mol. The van der Waals surface area contributed by atoms with Gasteiger partial charge in [0, 0.05) is 16.3 Å². The van der Waals surface area contributed by atoms with Gasteiger partial charge in [-0.25, -0.2) is 0 Å². The minimum absolute atomic E-state index is 0.178. The zero-order valence-corrected chi connectivity index (χ0v) is 24.6. The molecule has 0 spiro atoms. The fraction of sp³-hybridized carbons (Fsp3) is 0.167. The molecule has 0 atom stereocenters. The highest BCUT2D eigenvalue weighted by Crippen LogP contribution is 2.37. The number of nitrogens with zero attached hydrogens (tertiary/aromatic N) is 1. The summed E-state index contributed by atoms with van der Waals surface area (Å²) in [6, 6.07) is 15.6. The topological polar surface area (TPSA) is 94.2 Å². The van der Waals surface area contributed by atoms with Gasteiger partial charge in [-0.15, -0.1) is 6.58 Å². The van der Waals surface area contributed by atoms with Crippen molar-refractivity contribution in [1.29, 1.82) is 0 Å². The van der Waals surface area contributed by atoms with Crippen LogP contribution in [0.1, 0.15) is 16.7 Å². The van der Waals surface area contributed by atoms with Gasteiger partial charge in [0.1, 0.15) is 18.9 Å². The Kier molecular flexibility index (Phi) is 9.99. The third kappa shape index (κ3) is 7.43. The van der Waals surface area contributed by atoms with Gasteiger partial charge in [-0.2, -0.15) is 0 Å². The molecule has 1 saturated heterocycles. The lowest BCUT2D eigenvalue weighted by atomic mass is 10.0. The maximum atomic E-state index is 13.1. The van der Waals surface area contributed by atoms with Crippen LogP contribution >= 0.6 is 35.0 Å². The number of nitrogens with one attached hydrogen (secondary N) is 1. The Morgan fingerprint density at radius 2 is 1.76 bits per heavy atom. The van der Waals surface area contributed by atoms with E-state index in [4.69, 9.17) is 37.4 Å². The molecule has 4 rings (SSSR count). The van der Waals surface area contributed by atoms with Crippen molar-refractivity contribution in [1.82, 2.24) is 4.90 Å². The number of halogens is 2. The quantitative estimate of drug-likeness (QED) is 0.184. The Bertz CT molecular complexity index is 1520. The van der Waals surface area contributed by atoms with Gasteiger partial charge in [-0.05, 0) is 77.9 Å².